The first-order chi connectivity index (χ1) is 18.1. The number of ether oxygens (including phenoxy) is 3. The maximum Gasteiger partial charge on any atom is 0.252 e. The van der Waals surface area contributed by atoms with Crippen molar-refractivity contribution >= 4 is 16.8 Å². The van der Waals surface area contributed by atoms with Crippen LogP contribution in [-0.4, -0.2) is 37.3 Å². The standard InChI is InChI=1S/C30H31FN2O5/c1-30(2,3)32-29(35)26(19-13-10-14-20(31)15-19)33-22-17-23(36-4)27(37-5)28(38-6)25(22)21(16-24(33)34)18-11-8-7-9-12-18/h7-17,26H,1-6H3,(H,32,35). The Bertz CT molecular complexity index is 1540. The lowest BCUT2D eigenvalue weighted by molar-refractivity contribution is -0.124. The van der Waals surface area contributed by atoms with Crippen molar-refractivity contribution in [1.82, 2.24) is 9.88 Å². The van der Waals surface area contributed by atoms with Crippen molar-refractivity contribution in [3.63, 3.8) is 0 Å². The molecule has 1 N–H and O–H groups in total. The zero-order chi connectivity index (χ0) is 27.6. The monoisotopic (exact) mass is 518 g/mol. The highest BCUT2D eigenvalue weighted by Gasteiger charge is 2.31. The van der Waals surface area contributed by atoms with Crippen LogP contribution >= 0.6 is 0 Å². The molecule has 0 aliphatic rings. The molecule has 0 saturated carbocycles. The fraction of sp³-hybridized carbons (Fsp3) is 0.267. The van der Waals surface area contributed by atoms with Gasteiger partial charge in [-0.05, 0) is 44.0 Å². The molecule has 0 aliphatic heterocycles. The van der Waals surface area contributed by atoms with Crippen LogP contribution in [0.5, 0.6) is 17.2 Å². The lowest BCUT2D eigenvalue weighted by atomic mass is 9.97. The Morgan fingerprint density at radius 2 is 1.58 bits per heavy atom. The molecule has 0 spiro atoms. The molecule has 8 heteroatoms. The van der Waals surface area contributed by atoms with E-state index in [-0.39, 0.29) is 0 Å². The van der Waals surface area contributed by atoms with Crippen LogP contribution < -0.4 is 25.1 Å². The van der Waals surface area contributed by atoms with Crippen molar-refractivity contribution in [2.24, 2.45) is 0 Å². The molecule has 0 fully saturated rings. The summed E-state index contributed by atoms with van der Waals surface area (Å²) in [5, 5.41) is 3.49. The van der Waals surface area contributed by atoms with Crippen molar-refractivity contribution in [3.8, 4) is 28.4 Å². The molecule has 0 aliphatic carbocycles. The Morgan fingerprint density at radius 1 is 0.895 bits per heavy atom. The van der Waals surface area contributed by atoms with Crippen LogP contribution in [0.4, 0.5) is 4.39 Å². The number of rotatable bonds is 7. The maximum absolute atomic E-state index is 14.4. The van der Waals surface area contributed by atoms with Crippen LogP contribution in [0.25, 0.3) is 22.0 Å². The number of carbonyl (C=O) groups excluding carboxylic acids is 1. The van der Waals surface area contributed by atoms with Gasteiger partial charge in [0, 0.05) is 23.2 Å². The summed E-state index contributed by atoms with van der Waals surface area (Å²) >= 11 is 0. The van der Waals surface area contributed by atoms with Crippen molar-refractivity contribution in [2.75, 3.05) is 21.3 Å². The van der Waals surface area contributed by atoms with E-state index in [0.717, 1.165) is 5.56 Å². The van der Waals surface area contributed by atoms with E-state index in [2.05, 4.69) is 5.32 Å². The maximum atomic E-state index is 14.4. The first kappa shape index (κ1) is 26.7. The highest BCUT2D eigenvalue weighted by molar-refractivity contribution is 6.03. The molecule has 4 aromatic rings. The first-order valence-corrected chi connectivity index (χ1v) is 12.1. The summed E-state index contributed by atoms with van der Waals surface area (Å²) in [5.41, 5.74) is 0.983. The number of hydrogen-bond acceptors (Lipinski definition) is 5. The highest BCUT2D eigenvalue weighted by atomic mass is 19.1. The number of halogens is 1. The van der Waals surface area contributed by atoms with E-state index in [1.54, 1.807) is 12.1 Å². The van der Waals surface area contributed by atoms with Crippen LogP contribution in [0.2, 0.25) is 0 Å². The van der Waals surface area contributed by atoms with Crippen LogP contribution in [0.3, 0.4) is 0 Å². The molecule has 1 amide bonds. The molecule has 1 atom stereocenters. The Hall–Kier alpha value is -4.33. The average molecular weight is 519 g/mol. The van der Waals surface area contributed by atoms with Crippen molar-refractivity contribution in [2.45, 2.75) is 32.4 Å². The van der Waals surface area contributed by atoms with Gasteiger partial charge >= 0.3 is 0 Å². The van der Waals surface area contributed by atoms with E-state index < -0.39 is 28.9 Å². The number of nitrogens with zero attached hydrogens (tertiary/aromatic N) is 1. The van der Waals surface area contributed by atoms with Gasteiger partial charge in [0.1, 0.15) is 11.9 Å². The largest absolute Gasteiger partial charge is 0.493 e. The second-order valence-corrected chi connectivity index (χ2v) is 9.87. The van der Waals surface area contributed by atoms with Crippen LogP contribution in [0, 0.1) is 5.82 Å². The molecule has 198 valence electrons. The number of pyridine rings is 1. The summed E-state index contributed by atoms with van der Waals surface area (Å²) in [6.45, 7) is 5.51. The van der Waals surface area contributed by atoms with E-state index in [9.17, 15) is 14.0 Å². The van der Waals surface area contributed by atoms with Crippen LogP contribution in [0.1, 0.15) is 32.4 Å². The molecule has 4 rings (SSSR count). The summed E-state index contributed by atoms with van der Waals surface area (Å²) in [5.74, 6) is -0.00157. The Labute approximate surface area is 220 Å². The minimum absolute atomic E-state index is 0.310. The number of carbonyl (C=O) groups is 1. The van der Waals surface area contributed by atoms with Crippen LogP contribution in [-0.2, 0) is 4.79 Å². The summed E-state index contributed by atoms with van der Waals surface area (Å²) in [4.78, 5) is 27.7. The van der Waals surface area contributed by atoms with Crippen LogP contribution in [0.15, 0.2) is 71.5 Å². The van der Waals surface area contributed by atoms with Crippen molar-refractivity contribution in [3.05, 3.63) is 88.5 Å². The number of hydrogen-bond donors (Lipinski definition) is 1. The molecule has 1 heterocycles. The minimum atomic E-state index is -1.19. The van der Waals surface area contributed by atoms with E-state index in [1.165, 1.54) is 50.2 Å². The summed E-state index contributed by atoms with van der Waals surface area (Å²) in [6.07, 6.45) is 0. The number of amides is 1. The lowest BCUT2D eigenvalue weighted by Crippen LogP contribution is -2.46. The predicted molar refractivity (Wildman–Crippen MR) is 146 cm³/mol. The number of aromatic nitrogens is 1. The first-order valence-electron chi connectivity index (χ1n) is 12.1. The highest BCUT2D eigenvalue weighted by Crippen LogP contribution is 2.47. The fourth-order valence-corrected chi connectivity index (χ4v) is 4.62. The average Bonchev–Trinajstić information content (AvgIpc) is 2.88. The molecule has 38 heavy (non-hydrogen) atoms. The third-order valence-corrected chi connectivity index (χ3v) is 6.10. The molecular weight excluding hydrogens is 487 g/mol. The zero-order valence-electron chi connectivity index (χ0n) is 22.3. The van der Waals surface area contributed by atoms with E-state index in [1.807, 2.05) is 51.1 Å². The summed E-state index contributed by atoms with van der Waals surface area (Å²) < 4.78 is 32.8. The van der Waals surface area contributed by atoms with Crippen molar-refractivity contribution < 1.29 is 23.4 Å². The number of fused-ring (bicyclic) bond motifs is 1. The zero-order valence-corrected chi connectivity index (χ0v) is 22.3. The quantitative estimate of drug-likeness (QED) is 0.358. The van der Waals surface area contributed by atoms with Gasteiger partial charge in [-0.3, -0.25) is 14.2 Å². The Balaban J connectivity index is 2.19. The molecular formula is C30H31FN2O5. The van der Waals surface area contributed by atoms with Gasteiger partial charge < -0.3 is 19.5 Å². The lowest BCUT2D eigenvalue weighted by Gasteiger charge is -2.28. The fourth-order valence-electron chi connectivity index (χ4n) is 4.62. The van der Waals surface area contributed by atoms with Gasteiger partial charge in [-0.25, -0.2) is 4.39 Å². The number of nitrogens with one attached hydrogen (secondary N) is 1. The van der Waals surface area contributed by atoms with E-state index in [0.29, 0.717) is 39.3 Å². The summed E-state index contributed by atoms with van der Waals surface area (Å²) in [7, 11) is 4.47. The Morgan fingerprint density at radius 3 is 2.16 bits per heavy atom. The minimum Gasteiger partial charge on any atom is -0.493 e. The molecule has 3 aromatic carbocycles. The van der Waals surface area contributed by atoms with Gasteiger partial charge in [-0.2, -0.15) is 0 Å². The SMILES string of the molecule is COc1cc2c(c(-c3ccccc3)cc(=O)n2C(C(=O)NC(C)(C)C)c2cccc(F)c2)c(OC)c1OC. The second kappa shape index (κ2) is 10.6. The van der Waals surface area contributed by atoms with E-state index >= 15 is 0 Å². The molecule has 1 aromatic heterocycles. The number of methoxy groups -OCH3 is 3. The van der Waals surface area contributed by atoms with Gasteiger partial charge in [-0.1, -0.05) is 42.5 Å². The van der Waals surface area contributed by atoms with Gasteiger partial charge in [-0.15, -0.1) is 0 Å². The predicted octanol–water partition coefficient (Wildman–Crippen LogP) is 5.34. The molecule has 7 nitrogen and oxygen atoms in total. The van der Waals surface area contributed by atoms with Gasteiger partial charge in [0.05, 0.1) is 32.2 Å². The molecule has 0 radical (unpaired) electrons. The normalized spacial score (nSPS) is 12.2. The number of benzene rings is 3. The third-order valence-electron chi connectivity index (χ3n) is 6.10. The molecule has 0 saturated heterocycles. The Kier molecular flexibility index (Phi) is 7.44. The van der Waals surface area contributed by atoms with Crippen molar-refractivity contribution in [1.29, 1.82) is 0 Å². The summed E-state index contributed by atoms with van der Waals surface area (Å²) in [6, 6.07) is 17.0. The topological polar surface area (TPSA) is 78.8 Å². The molecule has 0 bridgehead atoms. The second-order valence-electron chi connectivity index (χ2n) is 9.87. The van der Waals surface area contributed by atoms with E-state index in [4.69, 9.17) is 14.2 Å². The van der Waals surface area contributed by atoms with Gasteiger partial charge in [0.2, 0.25) is 11.7 Å². The smallest absolute Gasteiger partial charge is 0.252 e. The molecule has 1 unspecified atom stereocenters. The third kappa shape index (κ3) is 5.07. The van der Waals surface area contributed by atoms with Gasteiger partial charge in [0.25, 0.3) is 5.56 Å². The van der Waals surface area contributed by atoms with Gasteiger partial charge in [0.15, 0.2) is 11.5 Å².